The molecule has 2 atom stereocenters. The van der Waals surface area contributed by atoms with Crippen LogP contribution < -0.4 is 10.6 Å². The van der Waals surface area contributed by atoms with Crippen LogP contribution in [0.1, 0.15) is 56.5 Å². The molecular formula is C21H34ClN7O3S. The predicted molar refractivity (Wildman–Crippen MR) is 134 cm³/mol. The molecule has 184 valence electrons. The molecular weight excluding hydrogens is 466 g/mol. The summed E-state index contributed by atoms with van der Waals surface area (Å²) in [4.78, 5) is 21.5. The van der Waals surface area contributed by atoms with Crippen LogP contribution in [0.3, 0.4) is 0 Å². The van der Waals surface area contributed by atoms with Crippen LogP contribution in [-0.4, -0.2) is 57.6 Å². The number of likely N-dealkylation sites (tertiary alicyclic amines) is 1. The van der Waals surface area contributed by atoms with Gasteiger partial charge in [-0.3, -0.25) is 0 Å². The van der Waals surface area contributed by atoms with Gasteiger partial charge in [0.1, 0.15) is 23.8 Å². The zero-order valence-corrected chi connectivity index (χ0v) is 20.9. The van der Waals surface area contributed by atoms with Crippen molar-refractivity contribution in [2.75, 3.05) is 30.8 Å². The van der Waals surface area contributed by atoms with Gasteiger partial charge in [0.05, 0.1) is 28.2 Å². The van der Waals surface area contributed by atoms with Crippen LogP contribution in [0, 0.1) is 4.91 Å². The summed E-state index contributed by atoms with van der Waals surface area (Å²) in [5, 5.41) is 7.66. The number of ether oxygens (including phenoxy) is 1. The summed E-state index contributed by atoms with van der Waals surface area (Å²) < 4.78 is 17.6. The van der Waals surface area contributed by atoms with Crippen molar-refractivity contribution < 1.29 is 9.29 Å². The third kappa shape index (κ3) is 8.65. The van der Waals surface area contributed by atoms with E-state index in [0.717, 1.165) is 51.0 Å². The van der Waals surface area contributed by atoms with Crippen LogP contribution in [0.2, 0.25) is 5.02 Å². The highest BCUT2D eigenvalue weighted by Crippen LogP contribution is 2.29. The Hall–Kier alpha value is -2.08. The van der Waals surface area contributed by atoms with Crippen molar-refractivity contribution in [2.45, 2.75) is 57.6 Å². The van der Waals surface area contributed by atoms with Crippen molar-refractivity contribution in [2.24, 2.45) is 15.9 Å². The summed E-state index contributed by atoms with van der Waals surface area (Å²) in [7, 11) is 0. The summed E-state index contributed by atoms with van der Waals surface area (Å²) in [6, 6.07) is -0.670. The number of hydrogen-bond donors (Lipinski definition) is 2. The van der Waals surface area contributed by atoms with E-state index < -0.39 is 17.4 Å². The monoisotopic (exact) mass is 499 g/mol. The van der Waals surface area contributed by atoms with Gasteiger partial charge in [-0.1, -0.05) is 29.8 Å². The molecule has 2 heterocycles. The van der Waals surface area contributed by atoms with E-state index in [9.17, 15) is 9.46 Å². The Balaban J connectivity index is 1.70. The van der Waals surface area contributed by atoms with Crippen molar-refractivity contribution in [1.29, 1.82) is 0 Å². The molecule has 0 aromatic carbocycles. The standard InChI is InChI=1S/C21H34ClN7O3S/c1-16(26-30)21-20(22)19(29(25-21)27-33(3)31)8-5-4-6-15-32-18-9-13-28(14-10-18)17(2)24-12-7-11-23/h7,11-12,16,18,27H,2,4-6,8-10,13-15,23H2,1,3H3/b11-7-,24-12-. The topological polar surface area (TPSA) is 133 Å². The largest absolute Gasteiger partial charge is 0.592 e. The number of allylic oxidation sites excluding steroid dienone is 1. The molecule has 2 rings (SSSR count). The average Bonchev–Trinajstić information content (AvgIpc) is 3.10. The molecule has 0 saturated carbocycles. The van der Waals surface area contributed by atoms with Crippen molar-refractivity contribution in [1.82, 2.24) is 14.8 Å². The highest BCUT2D eigenvalue weighted by atomic mass is 35.5. The summed E-state index contributed by atoms with van der Waals surface area (Å²) in [5.41, 5.74) is 6.39. The molecule has 2 unspecified atom stereocenters. The molecule has 1 saturated heterocycles. The smallest absolute Gasteiger partial charge is 0.134 e. The van der Waals surface area contributed by atoms with E-state index >= 15 is 0 Å². The summed E-state index contributed by atoms with van der Waals surface area (Å²) >= 11 is 5.10. The molecule has 0 amide bonds. The van der Waals surface area contributed by atoms with Gasteiger partial charge in [0, 0.05) is 25.9 Å². The predicted octanol–water partition coefficient (Wildman–Crippen LogP) is 3.41. The lowest BCUT2D eigenvalue weighted by atomic mass is 10.1. The quantitative estimate of drug-likeness (QED) is 0.173. The van der Waals surface area contributed by atoms with E-state index in [1.807, 2.05) is 0 Å². The normalized spacial score (nSPS) is 17.0. The van der Waals surface area contributed by atoms with Crippen molar-refractivity contribution in [3.8, 4) is 0 Å². The number of nitrogens with one attached hydrogen (secondary N) is 1. The highest BCUT2D eigenvalue weighted by Gasteiger charge is 2.23. The highest BCUT2D eigenvalue weighted by molar-refractivity contribution is 7.91. The van der Waals surface area contributed by atoms with Gasteiger partial charge in [0.15, 0.2) is 0 Å². The van der Waals surface area contributed by atoms with E-state index in [-0.39, 0.29) is 6.10 Å². The molecule has 1 aromatic rings. The SMILES string of the molecule is C=C(/N=C\C=C/N)N1CCC(OCCCCCc2c(Cl)c(C(C)N=O)nn2N[S+](C)[O-])CC1. The van der Waals surface area contributed by atoms with Crippen LogP contribution >= 0.6 is 11.6 Å². The molecule has 1 aliphatic rings. The van der Waals surface area contributed by atoms with Gasteiger partial charge in [0.2, 0.25) is 0 Å². The number of nitroso groups, excluding NO2 is 1. The van der Waals surface area contributed by atoms with Crippen LogP contribution in [-0.2, 0) is 22.5 Å². The Morgan fingerprint density at radius 3 is 2.82 bits per heavy atom. The third-order valence-electron chi connectivity index (χ3n) is 5.35. The Morgan fingerprint density at radius 2 is 2.18 bits per heavy atom. The maximum absolute atomic E-state index is 11.6. The van der Waals surface area contributed by atoms with Gasteiger partial charge in [-0.15, -0.1) is 14.7 Å². The van der Waals surface area contributed by atoms with E-state index in [1.54, 1.807) is 19.2 Å². The first-order valence-corrected chi connectivity index (χ1v) is 13.0. The van der Waals surface area contributed by atoms with Gasteiger partial charge in [0.25, 0.3) is 0 Å². The van der Waals surface area contributed by atoms with Gasteiger partial charge >= 0.3 is 0 Å². The maximum Gasteiger partial charge on any atom is 0.134 e. The van der Waals surface area contributed by atoms with Gasteiger partial charge < -0.3 is 19.9 Å². The first kappa shape index (κ1) is 27.2. The fourth-order valence-corrected chi connectivity index (χ4v) is 4.31. The second kappa shape index (κ2) is 14.2. The van der Waals surface area contributed by atoms with Gasteiger partial charge in [-0.05, 0) is 51.3 Å². The fourth-order valence-electron chi connectivity index (χ4n) is 3.54. The zero-order valence-electron chi connectivity index (χ0n) is 19.3. The average molecular weight is 500 g/mol. The number of aliphatic imine (C=N–C) groups is 1. The maximum atomic E-state index is 11.6. The number of nitrogens with two attached hydrogens (primary N) is 1. The van der Waals surface area contributed by atoms with Crippen molar-refractivity contribution >= 4 is 29.2 Å². The molecule has 1 aromatic heterocycles. The van der Waals surface area contributed by atoms with Crippen molar-refractivity contribution in [3.05, 3.63) is 46.0 Å². The van der Waals surface area contributed by atoms with E-state index in [4.69, 9.17) is 22.1 Å². The lowest BCUT2D eigenvalue weighted by Gasteiger charge is -2.33. The minimum absolute atomic E-state index is 0.251. The first-order valence-electron chi connectivity index (χ1n) is 11.0. The number of halogens is 1. The van der Waals surface area contributed by atoms with E-state index in [2.05, 4.69) is 31.6 Å². The summed E-state index contributed by atoms with van der Waals surface area (Å²) in [6.07, 6.45) is 11.8. The Morgan fingerprint density at radius 1 is 1.45 bits per heavy atom. The summed E-state index contributed by atoms with van der Waals surface area (Å²) in [6.45, 7) is 8.07. The number of aromatic nitrogens is 2. The number of piperidine rings is 1. The third-order valence-corrected chi connectivity index (χ3v) is 6.19. The lowest BCUT2D eigenvalue weighted by Crippen LogP contribution is -2.36. The zero-order chi connectivity index (χ0) is 24.2. The lowest BCUT2D eigenvalue weighted by molar-refractivity contribution is 0.0121. The Labute approximate surface area is 203 Å². The molecule has 12 heteroatoms. The number of hydrogen-bond acceptors (Lipinski definition) is 9. The fraction of sp³-hybridized carbons (Fsp3) is 0.619. The minimum atomic E-state index is -1.32. The molecule has 33 heavy (non-hydrogen) atoms. The Kier molecular flexibility index (Phi) is 11.7. The second-order valence-corrected chi connectivity index (χ2v) is 9.30. The number of unbranched alkanes of at least 4 members (excludes halogenated alkanes) is 2. The Bertz CT molecular complexity index is 823. The first-order chi connectivity index (χ1) is 15.9. The molecule has 0 spiro atoms. The number of nitrogens with zero attached hydrogens (tertiary/aromatic N) is 5. The second-order valence-electron chi connectivity index (χ2n) is 7.83. The van der Waals surface area contributed by atoms with Crippen LogP contribution in [0.25, 0.3) is 0 Å². The summed E-state index contributed by atoms with van der Waals surface area (Å²) in [5.74, 6) is 0.743. The van der Waals surface area contributed by atoms with Gasteiger partial charge in [-0.2, -0.15) is 4.91 Å². The molecule has 1 fully saturated rings. The molecule has 3 N–H and O–H groups in total. The molecule has 1 aliphatic heterocycles. The van der Waals surface area contributed by atoms with Crippen molar-refractivity contribution in [3.63, 3.8) is 0 Å². The van der Waals surface area contributed by atoms with Crippen LogP contribution in [0.15, 0.2) is 34.8 Å². The van der Waals surface area contributed by atoms with E-state index in [1.165, 1.54) is 17.2 Å². The van der Waals surface area contributed by atoms with Crippen LogP contribution in [0.5, 0.6) is 0 Å². The molecule has 0 aliphatic carbocycles. The minimum Gasteiger partial charge on any atom is -0.592 e. The van der Waals surface area contributed by atoms with Gasteiger partial charge in [-0.25, -0.2) is 4.99 Å². The molecule has 0 bridgehead atoms. The van der Waals surface area contributed by atoms with Crippen LogP contribution in [0.4, 0.5) is 0 Å². The molecule has 0 radical (unpaired) electrons. The van der Waals surface area contributed by atoms with E-state index in [0.29, 0.717) is 29.4 Å². The molecule has 10 nitrogen and oxygen atoms in total. The number of rotatable bonds is 14.